The van der Waals surface area contributed by atoms with Crippen molar-refractivity contribution in [2.75, 3.05) is 0 Å². The second kappa shape index (κ2) is 9.00. The van der Waals surface area contributed by atoms with E-state index in [1.54, 1.807) is 37.3 Å². The zero-order chi connectivity index (χ0) is 27.7. The molecule has 0 aliphatic heterocycles. The molecule has 3 fully saturated rings. The summed E-state index contributed by atoms with van der Waals surface area (Å²) in [5.74, 6) is -3.02. The van der Waals surface area contributed by atoms with Crippen LogP contribution in [0, 0.1) is 22.7 Å². The standard InChI is InChI=1S/C30H38O8/c1-17(31)22-12-15-30(36)28(22,4)25(38-26(34)19-8-6-5-7-9-19)23(37-18(2)32)24-27(3)13-11-21(33)16-20(27)10-14-29(24,30)35/h5-10,21-25,33,35-36H,11-16H2,1-4H3. The number of esters is 2. The molecule has 3 saturated carbocycles. The Morgan fingerprint density at radius 2 is 1.66 bits per heavy atom. The minimum absolute atomic E-state index is 0.0726. The summed E-state index contributed by atoms with van der Waals surface area (Å²) < 4.78 is 12.2. The van der Waals surface area contributed by atoms with Crippen LogP contribution in [0.3, 0.4) is 0 Å². The molecule has 5 rings (SSSR count). The summed E-state index contributed by atoms with van der Waals surface area (Å²) in [7, 11) is 0. The number of carbonyl (C=O) groups is 3. The summed E-state index contributed by atoms with van der Waals surface area (Å²) in [5.41, 5.74) is -4.51. The van der Waals surface area contributed by atoms with Crippen molar-refractivity contribution in [1.29, 1.82) is 0 Å². The average molecular weight is 527 g/mol. The van der Waals surface area contributed by atoms with Crippen LogP contribution in [0.2, 0.25) is 0 Å². The topological polar surface area (TPSA) is 130 Å². The van der Waals surface area contributed by atoms with E-state index in [0.717, 1.165) is 5.57 Å². The number of Topliss-reactive ketones (excluding diaryl/α,β-unsaturated/α-hetero) is 1. The Balaban J connectivity index is 1.73. The van der Waals surface area contributed by atoms with E-state index in [0.29, 0.717) is 25.7 Å². The molecule has 38 heavy (non-hydrogen) atoms. The Bertz CT molecular complexity index is 1180. The minimum Gasteiger partial charge on any atom is -0.458 e. The molecule has 9 atom stereocenters. The highest BCUT2D eigenvalue weighted by molar-refractivity contribution is 5.89. The number of ketones is 1. The van der Waals surface area contributed by atoms with Crippen LogP contribution in [-0.2, 0) is 19.1 Å². The normalized spacial score (nSPS) is 43.7. The highest BCUT2D eigenvalue weighted by atomic mass is 16.6. The maximum absolute atomic E-state index is 13.5. The quantitative estimate of drug-likeness (QED) is 0.403. The first-order valence-corrected chi connectivity index (χ1v) is 13.6. The molecule has 9 unspecified atom stereocenters. The smallest absolute Gasteiger partial charge is 0.338 e. The number of fused-ring (bicyclic) bond motifs is 5. The number of aliphatic hydroxyl groups is 3. The predicted octanol–water partition coefficient (Wildman–Crippen LogP) is 3.12. The number of rotatable bonds is 4. The van der Waals surface area contributed by atoms with Gasteiger partial charge in [0.05, 0.1) is 11.7 Å². The Labute approximate surface area is 223 Å². The molecule has 4 aliphatic carbocycles. The third-order valence-corrected chi connectivity index (χ3v) is 10.4. The molecule has 206 valence electrons. The van der Waals surface area contributed by atoms with E-state index in [1.165, 1.54) is 13.8 Å². The van der Waals surface area contributed by atoms with E-state index in [-0.39, 0.29) is 24.2 Å². The van der Waals surface area contributed by atoms with Crippen molar-refractivity contribution in [3.8, 4) is 0 Å². The highest BCUT2D eigenvalue weighted by Crippen LogP contribution is 2.70. The van der Waals surface area contributed by atoms with Gasteiger partial charge in [-0.15, -0.1) is 0 Å². The Kier molecular flexibility index (Phi) is 6.40. The second-order valence-corrected chi connectivity index (χ2v) is 12.3. The van der Waals surface area contributed by atoms with E-state index < -0.39 is 64.1 Å². The second-order valence-electron chi connectivity index (χ2n) is 12.3. The summed E-state index contributed by atoms with van der Waals surface area (Å²) in [6.07, 6.45) is 0.946. The van der Waals surface area contributed by atoms with Gasteiger partial charge in [0.25, 0.3) is 0 Å². The number of benzene rings is 1. The van der Waals surface area contributed by atoms with Crippen molar-refractivity contribution >= 4 is 17.7 Å². The van der Waals surface area contributed by atoms with Crippen LogP contribution < -0.4 is 0 Å². The van der Waals surface area contributed by atoms with Crippen LogP contribution >= 0.6 is 0 Å². The van der Waals surface area contributed by atoms with Crippen LogP contribution in [0.4, 0.5) is 0 Å². The Hall–Kier alpha value is -2.55. The van der Waals surface area contributed by atoms with Crippen LogP contribution in [0.15, 0.2) is 42.0 Å². The molecule has 8 heteroatoms. The zero-order valence-corrected chi connectivity index (χ0v) is 22.5. The fourth-order valence-electron chi connectivity index (χ4n) is 8.62. The van der Waals surface area contributed by atoms with E-state index in [4.69, 9.17) is 9.47 Å². The average Bonchev–Trinajstić information content (AvgIpc) is 3.15. The summed E-state index contributed by atoms with van der Waals surface area (Å²) >= 11 is 0. The fraction of sp³-hybridized carbons (Fsp3) is 0.633. The van der Waals surface area contributed by atoms with Crippen LogP contribution in [0.1, 0.15) is 76.6 Å². The first-order chi connectivity index (χ1) is 17.8. The van der Waals surface area contributed by atoms with E-state index >= 15 is 0 Å². The minimum atomic E-state index is -1.81. The molecular weight excluding hydrogens is 488 g/mol. The third kappa shape index (κ3) is 3.56. The van der Waals surface area contributed by atoms with Crippen molar-refractivity contribution in [3.05, 3.63) is 47.5 Å². The largest absolute Gasteiger partial charge is 0.458 e. The lowest BCUT2D eigenvalue weighted by molar-refractivity contribution is -0.327. The SMILES string of the molecule is CC(=O)OC1C2C3(C)CCC(O)CC3=CCC2(O)C2(O)CCC(C(C)=O)C2(C)C1OC(=O)c1ccccc1. The molecule has 1 aromatic rings. The fourth-order valence-corrected chi connectivity index (χ4v) is 8.62. The molecular formula is C30H38O8. The molecule has 0 amide bonds. The van der Waals surface area contributed by atoms with Gasteiger partial charge in [-0.1, -0.05) is 43.7 Å². The van der Waals surface area contributed by atoms with Gasteiger partial charge in [0.2, 0.25) is 0 Å². The number of carbonyl (C=O) groups excluding carboxylic acids is 3. The van der Waals surface area contributed by atoms with Gasteiger partial charge in [0.15, 0.2) is 0 Å². The monoisotopic (exact) mass is 526 g/mol. The number of hydrogen-bond acceptors (Lipinski definition) is 8. The molecule has 0 spiro atoms. The first kappa shape index (κ1) is 27.0. The molecule has 0 aromatic heterocycles. The van der Waals surface area contributed by atoms with Gasteiger partial charge in [-0.25, -0.2) is 4.79 Å². The maximum Gasteiger partial charge on any atom is 0.338 e. The van der Waals surface area contributed by atoms with Crippen LogP contribution in [-0.4, -0.2) is 62.6 Å². The van der Waals surface area contributed by atoms with Gasteiger partial charge in [-0.3, -0.25) is 9.59 Å². The van der Waals surface area contributed by atoms with Gasteiger partial charge < -0.3 is 24.8 Å². The van der Waals surface area contributed by atoms with Crippen molar-refractivity contribution in [2.45, 2.75) is 95.7 Å². The molecule has 0 radical (unpaired) electrons. The number of aliphatic hydroxyl groups excluding tert-OH is 1. The molecule has 0 saturated heterocycles. The van der Waals surface area contributed by atoms with E-state index in [1.807, 2.05) is 13.0 Å². The van der Waals surface area contributed by atoms with Crippen LogP contribution in [0.5, 0.6) is 0 Å². The van der Waals surface area contributed by atoms with Crippen molar-refractivity contribution < 1.29 is 39.2 Å². The molecule has 3 N–H and O–H groups in total. The predicted molar refractivity (Wildman–Crippen MR) is 137 cm³/mol. The zero-order valence-electron chi connectivity index (χ0n) is 22.5. The molecule has 8 nitrogen and oxygen atoms in total. The summed E-state index contributed by atoms with van der Waals surface area (Å²) in [5, 5.41) is 35.6. The Morgan fingerprint density at radius 3 is 2.29 bits per heavy atom. The molecule has 1 aromatic carbocycles. The van der Waals surface area contributed by atoms with Gasteiger partial charge in [0, 0.05) is 24.2 Å². The van der Waals surface area contributed by atoms with E-state index in [9.17, 15) is 29.7 Å². The number of ether oxygens (including phenoxy) is 2. The lowest BCUT2D eigenvalue weighted by atomic mass is 9.42. The highest BCUT2D eigenvalue weighted by Gasteiger charge is 2.80. The third-order valence-electron chi connectivity index (χ3n) is 10.4. The Morgan fingerprint density at radius 1 is 0.974 bits per heavy atom. The molecule has 0 bridgehead atoms. The van der Waals surface area contributed by atoms with Crippen molar-refractivity contribution in [1.82, 2.24) is 0 Å². The van der Waals surface area contributed by atoms with Gasteiger partial charge in [-0.2, -0.15) is 0 Å². The lowest BCUT2D eigenvalue weighted by Crippen LogP contribution is -2.80. The van der Waals surface area contributed by atoms with Crippen LogP contribution in [0.25, 0.3) is 0 Å². The number of hydrogen-bond donors (Lipinski definition) is 3. The van der Waals surface area contributed by atoms with E-state index in [2.05, 4.69) is 0 Å². The summed E-state index contributed by atoms with van der Waals surface area (Å²) in [4.78, 5) is 39.0. The lowest BCUT2D eigenvalue weighted by Gasteiger charge is -2.68. The summed E-state index contributed by atoms with van der Waals surface area (Å²) in [6, 6.07) is 8.41. The van der Waals surface area contributed by atoms with Crippen molar-refractivity contribution in [2.24, 2.45) is 22.7 Å². The molecule has 0 heterocycles. The summed E-state index contributed by atoms with van der Waals surface area (Å²) in [6.45, 7) is 6.36. The van der Waals surface area contributed by atoms with Gasteiger partial charge in [-0.05, 0) is 63.0 Å². The van der Waals surface area contributed by atoms with Crippen molar-refractivity contribution in [3.63, 3.8) is 0 Å². The maximum atomic E-state index is 13.5. The van der Waals surface area contributed by atoms with Gasteiger partial charge in [0.1, 0.15) is 29.2 Å². The first-order valence-electron chi connectivity index (χ1n) is 13.6. The molecule has 4 aliphatic rings. The van der Waals surface area contributed by atoms with Gasteiger partial charge >= 0.3 is 11.9 Å².